The zero-order valence-electron chi connectivity index (χ0n) is 11.2. The Morgan fingerprint density at radius 3 is 2.42 bits per heavy atom. The summed E-state index contributed by atoms with van der Waals surface area (Å²) in [6, 6.07) is 2.65. The number of aromatic carboxylic acids is 1. The molecular weight excluding hydrogens is 252 g/mol. The molecule has 1 rings (SSSR count). The summed E-state index contributed by atoms with van der Waals surface area (Å²) in [5.41, 5.74) is -0.716. The number of aromatic nitrogens is 1. The molecule has 7 heteroatoms. The van der Waals surface area contributed by atoms with Crippen LogP contribution in [0.1, 0.15) is 31.1 Å². The molecule has 1 heterocycles. The Bertz CT molecular complexity index is 493. The molecule has 0 aromatic carbocycles. The highest BCUT2D eigenvalue weighted by Crippen LogP contribution is 2.19. The Hall–Kier alpha value is -2.31. The zero-order valence-corrected chi connectivity index (χ0v) is 11.2. The Kier molecular flexibility index (Phi) is 4.31. The molecule has 0 radical (unpaired) electrons. The van der Waals surface area contributed by atoms with Gasteiger partial charge >= 0.3 is 12.1 Å². The first-order valence-electron chi connectivity index (χ1n) is 5.51. The van der Waals surface area contributed by atoms with Crippen molar-refractivity contribution in [2.75, 3.05) is 12.4 Å². The third-order valence-electron chi connectivity index (χ3n) is 1.91. The molecule has 0 aliphatic heterocycles. The number of carboxylic acid groups (broad SMARTS) is 1. The lowest BCUT2D eigenvalue weighted by Gasteiger charge is -2.19. The normalized spacial score (nSPS) is 10.7. The van der Waals surface area contributed by atoms with Gasteiger partial charge in [-0.3, -0.25) is 5.32 Å². The van der Waals surface area contributed by atoms with Crippen LogP contribution in [0.4, 0.5) is 10.6 Å². The van der Waals surface area contributed by atoms with Gasteiger partial charge in [-0.25, -0.2) is 9.59 Å². The van der Waals surface area contributed by atoms with E-state index in [-0.39, 0.29) is 17.3 Å². The van der Waals surface area contributed by atoms with Crippen molar-refractivity contribution in [3.8, 4) is 5.88 Å². The third-order valence-corrected chi connectivity index (χ3v) is 1.91. The fraction of sp³-hybridized carbons (Fsp3) is 0.417. The largest absolute Gasteiger partial charge is 0.480 e. The van der Waals surface area contributed by atoms with Crippen LogP contribution in [-0.4, -0.2) is 34.9 Å². The topological polar surface area (TPSA) is 97.8 Å². The molecule has 104 valence electrons. The number of pyridine rings is 1. The predicted octanol–water partition coefficient (Wildman–Crippen LogP) is 2.14. The number of ether oxygens (including phenoxy) is 2. The van der Waals surface area contributed by atoms with E-state index >= 15 is 0 Å². The lowest BCUT2D eigenvalue weighted by molar-refractivity contribution is 0.0634. The first-order valence-corrected chi connectivity index (χ1v) is 5.51. The second kappa shape index (κ2) is 5.55. The molecule has 7 nitrogen and oxygen atoms in total. The lowest BCUT2D eigenvalue weighted by atomic mass is 10.2. The van der Waals surface area contributed by atoms with Crippen LogP contribution in [-0.2, 0) is 4.74 Å². The van der Waals surface area contributed by atoms with Crippen LogP contribution >= 0.6 is 0 Å². The fourth-order valence-electron chi connectivity index (χ4n) is 1.24. The molecule has 0 saturated carbocycles. The van der Waals surface area contributed by atoms with Gasteiger partial charge in [-0.15, -0.1) is 0 Å². The maximum atomic E-state index is 11.5. The Morgan fingerprint density at radius 1 is 1.32 bits per heavy atom. The molecule has 0 bridgehead atoms. The van der Waals surface area contributed by atoms with Crippen LogP contribution < -0.4 is 10.1 Å². The second-order valence-electron chi connectivity index (χ2n) is 4.69. The smallest absolute Gasteiger partial charge is 0.413 e. The number of methoxy groups -OCH3 is 1. The molecule has 0 saturated heterocycles. The molecule has 0 aliphatic rings. The van der Waals surface area contributed by atoms with Gasteiger partial charge in [0.1, 0.15) is 17.0 Å². The van der Waals surface area contributed by atoms with Crippen molar-refractivity contribution in [2.45, 2.75) is 26.4 Å². The number of nitrogens with one attached hydrogen (secondary N) is 1. The van der Waals surface area contributed by atoms with E-state index in [0.29, 0.717) is 0 Å². The molecule has 0 atom stereocenters. The number of rotatable bonds is 3. The monoisotopic (exact) mass is 268 g/mol. The summed E-state index contributed by atoms with van der Waals surface area (Å²) in [4.78, 5) is 26.3. The summed E-state index contributed by atoms with van der Waals surface area (Å²) in [6.45, 7) is 5.19. The van der Waals surface area contributed by atoms with Crippen LogP contribution in [0.2, 0.25) is 0 Å². The molecule has 1 aromatic rings. The van der Waals surface area contributed by atoms with E-state index in [0.717, 1.165) is 0 Å². The van der Waals surface area contributed by atoms with Crippen molar-refractivity contribution in [1.29, 1.82) is 0 Å². The van der Waals surface area contributed by atoms with Crippen molar-refractivity contribution < 1.29 is 24.2 Å². The van der Waals surface area contributed by atoms with Gasteiger partial charge < -0.3 is 14.6 Å². The molecule has 1 amide bonds. The van der Waals surface area contributed by atoms with Crippen molar-refractivity contribution in [3.63, 3.8) is 0 Å². The summed E-state index contributed by atoms with van der Waals surface area (Å²) in [5, 5.41) is 11.3. The quantitative estimate of drug-likeness (QED) is 0.871. The Balaban J connectivity index is 2.86. The Labute approximate surface area is 110 Å². The number of hydrogen-bond donors (Lipinski definition) is 2. The first-order chi connectivity index (χ1) is 8.73. The van der Waals surface area contributed by atoms with E-state index < -0.39 is 17.7 Å². The van der Waals surface area contributed by atoms with Gasteiger partial charge in [-0.1, -0.05) is 0 Å². The first kappa shape index (κ1) is 14.7. The molecule has 0 aliphatic carbocycles. The van der Waals surface area contributed by atoms with Crippen LogP contribution in [0.15, 0.2) is 12.1 Å². The van der Waals surface area contributed by atoms with Gasteiger partial charge in [-0.2, -0.15) is 4.98 Å². The highest BCUT2D eigenvalue weighted by molar-refractivity contribution is 5.91. The summed E-state index contributed by atoms with van der Waals surface area (Å²) in [5.74, 6) is -1.09. The van der Waals surface area contributed by atoms with E-state index in [1.807, 2.05) is 0 Å². The van der Waals surface area contributed by atoms with Crippen LogP contribution in [0.3, 0.4) is 0 Å². The minimum absolute atomic E-state index is 0.0824. The SMILES string of the molecule is COc1nc(NC(=O)OC(C)(C)C)ccc1C(=O)O. The lowest BCUT2D eigenvalue weighted by Crippen LogP contribution is -2.27. The van der Waals surface area contributed by atoms with Gasteiger partial charge in [0.25, 0.3) is 0 Å². The average Bonchev–Trinajstić information content (AvgIpc) is 2.25. The summed E-state index contributed by atoms with van der Waals surface area (Å²) in [6.07, 6.45) is -0.676. The second-order valence-corrected chi connectivity index (χ2v) is 4.69. The third kappa shape index (κ3) is 4.46. The van der Waals surface area contributed by atoms with E-state index in [9.17, 15) is 9.59 Å². The minimum atomic E-state index is -1.16. The number of anilines is 1. The highest BCUT2D eigenvalue weighted by Gasteiger charge is 2.18. The number of amides is 1. The van der Waals surface area contributed by atoms with E-state index in [2.05, 4.69) is 10.3 Å². The maximum Gasteiger partial charge on any atom is 0.413 e. The highest BCUT2D eigenvalue weighted by atomic mass is 16.6. The molecule has 1 aromatic heterocycles. The van der Waals surface area contributed by atoms with Gasteiger partial charge in [0.15, 0.2) is 0 Å². The van der Waals surface area contributed by atoms with E-state index in [1.54, 1.807) is 20.8 Å². The average molecular weight is 268 g/mol. The molecule has 0 spiro atoms. The molecule has 0 fully saturated rings. The van der Waals surface area contributed by atoms with Gasteiger partial charge in [0.2, 0.25) is 5.88 Å². The summed E-state index contributed by atoms with van der Waals surface area (Å²) >= 11 is 0. The van der Waals surface area contributed by atoms with Crippen LogP contribution in [0, 0.1) is 0 Å². The zero-order chi connectivity index (χ0) is 14.6. The Morgan fingerprint density at radius 2 is 1.95 bits per heavy atom. The molecule has 19 heavy (non-hydrogen) atoms. The van der Waals surface area contributed by atoms with Crippen LogP contribution in [0.25, 0.3) is 0 Å². The van der Waals surface area contributed by atoms with Crippen molar-refractivity contribution in [2.24, 2.45) is 0 Å². The number of nitrogens with zero attached hydrogens (tertiary/aromatic N) is 1. The fourth-order valence-corrected chi connectivity index (χ4v) is 1.24. The van der Waals surface area contributed by atoms with Crippen molar-refractivity contribution in [1.82, 2.24) is 4.98 Å². The van der Waals surface area contributed by atoms with Gasteiger partial charge in [0, 0.05) is 0 Å². The number of carbonyl (C=O) groups excluding carboxylic acids is 1. The molecule has 0 unspecified atom stereocenters. The number of carbonyl (C=O) groups is 2. The minimum Gasteiger partial charge on any atom is -0.480 e. The van der Waals surface area contributed by atoms with Gasteiger partial charge in [-0.05, 0) is 32.9 Å². The number of carboxylic acids is 1. The van der Waals surface area contributed by atoms with Crippen molar-refractivity contribution >= 4 is 17.9 Å². The molecular formula is C12H16N2O5. The van der Waals surface area contributed by atoms with E-state index in [4.69, 9.17) is 14.6 Å². The summed E-state index contributed by atoms with van der Waals surface area (Å²) < 4.78 is 9.89. The van der Waals surface area contributed by atoms with Crippen LogP contribution in [0.5, 0.6) is 5.88 Å². The van der Waals surface area contributed by atoms with E-state index in [1.165, 1.54) is 19.2 Å². The number of hydrogen-bond acceptors (Lipinski definition) is 5. The standard InChI is InChI=1S/C12H16N2O5/c1-12(2,3)19-11(17)14-8-6-5-7(10(15)16)9(13-8)18-4/h5-6H,1-4H3,(H,15,16)(H,13,14,17). The maximum absolute atomic E-state index is 11.5. The van der Waals surface area contributed by atoms with Gasteiger partial charge in [0.05, 0.1) is 7.11 Å². The van der Waals surface area contributed by atoms with Crippen molar-refractivity contribution in [3.05, 3.63) is 17.7 Å². The molecule has 2 N–H and O–H groups in total. The summed E-state index contributed by atoms with van der Waals surface area (Å²) in [7, 11) is 1.30. The predicted molar refractivity (Wildman–Crippen MR) is 67.6 cm³/mol.